The Bertz CT molecular complexity index is 7750. The van der Waals surface area contributed by atoms with E-state index < -0.39 is 51.5 Å². The van der Waals surface area contributed by atoms with Gasteiger partial charge in [0.1, 0.15) is 0 Å². The molecule has 0 aromatic heterocycles. The quantitative estimate of drug-likeness (QED) is 0.0619. The van der Waals surface area contributed by atoms with E-state index in [9.17, 15) is 49.5 Å². The summed E-state index contributed by atoms with van der Waals surface area (Å²) in [5.41, 5.74) is 26.7. The first-order valence-corrected chi connectivity index (χ1v) is 39.5. The number of benzene rings is 16. The molecule has 10 nitrogen and oxygen atoms in total. The molecule has 10 heteroatoms. The van der Waals surface area contributed by atoms with E-state index in [1.54, 1.807) is 60.7 Å². The van der Waals surface area contributed by atoms with Gasteiger partial charge in [-0.3, -0.25) is 0 Å². The van der Waals surface area contributed by atoms with Crippen LogP contribution in [0.1, 0.15) is 144 Å². The number of hydrogen-bond acceptors (Lipinski definition) is 5. The number of fused-ring (bicyclic) bond motifs is 5. The highest BCUT2D eigenvalue weighted by atomic mass is 16.4. The Hall–Kier alpha value is -14.6. The van der Waals surface area contributed by atoms with Crippen LogP contribution in [0.15, 0.2) is 307 Å². The van der Waals surface area contributed by atoms with Crippen LogP contribution >= 0.6 is 0 Å². The van der Waals surface area contributed by atoms with Gasteiger partial charge in [0.15, 0.2) is 0 Å². The molecule has 18 aromatic rings. The number of carbonyl (C=O) groups is 5. The Morgan fingerprint density at radius 1 is 0.293 bits per heavy atom. The van der Waals surface area contributed by atoms with Gasteiger partial charge in [-0.25, -0.2) is 24.0 Å². The fourth-order valence-electron chi connectivity index (χ4n) is 25.0. The highest BCUT2D eigenvalue weighted by Crippen LogP contribution is 2.88. The van der Waals surface area contributed by atoms with Gasteiger partial charge in [-0.05, 0) is 293 Å². The molecule has 0 bridgehead atoms. The summed E-state index contributed by atoms with van der Waals surface area (Å²) < 4.78 is 0. The van der Waals surface area contributed by atoms with Gasteiger partial charge in [-0.15, -0.1) is 0 Å². The van der Waals surface area contributed by atoms with Crippen molar-refractivity contribution in [3.05, 3.63) is 396 Å². The van der Waals surface area contributed by atoms with Crippen LogP contribution < -0.4 is 0 Å². The SMILES string of the molecule is CC12C3=C4C5=C1C1(c6ccc(-c7ccc(C(=O)O)cc7)cc6)c6c7c8c9c(c%10c%11c(ccc%12c%13ccc%14c%15ccc(c6c%15c8c%14c%13c9c%11%12)C1CC2c1ccc(-c2ccc(C(=O)O)cc2)cc1)C(=CC3c1ccc(-c2ccc(C(=O)O)cc2)cc1)C4%10c1ccc(-c2ccc(C(=O)O)cc2)cc1)[C@@]57c1ccc(-c2ccc(C(=O)O)cc2)cc1. The normalized spacial score (nSPS) is 21.7. The maximum Gasteiger partial charge on any atom is 0.335 e. The summed E-state index contributed by atoms with van der Waals surface area (Å²) in [5.74, 6) is -5.71. The van der Waals surface area contributed by atoms with Crippen LogP contribution in [0, 0.1) is 5.41 Å². The van der Waals surface area contributed by atoms with Gasteiger partial charge in [0.25, 0.3) is 0 Å². The fourth-order valence-corrected chi connectivity index (χ4v) is 25.0. The molecule has 0 saturated heterocycles. The maximum absolute atomic E-state index is 12.5. The third-order valence-corrected chi connectivity index (χ3v) is 29.3. The molecular formula is C106H60O10. The lowest BCUT2D eigenvalue weighted by Gasteiger charge is -2.60. The Labute approximate surface area is 661 Å². The van der Waals surface area contributed by atoms with Crippen LogP contribution in [-0.2, 0) is 16.2 Å². The second kappa shape index (κ2) is 21.2. The monoisotopic (exact) mass is 1490 g/mol. The number of aromatic carboxylic acids is 5. The van der Waals surface area contributed by atoms with Crippen molar-refractivity contribution in [2.75, 3.05) is 0 Å². The van der Waals surface area contributed by atoms with Crippen LogP contribution in [-0.4, -0.2) is 55.4 Å². The number of carboxylic acid groups (broad SMARTS) is 5. The van der Waals surface area contributed by atoms with Crippen molar-refractivity contribution in [3.8, 4) is 55.6 Å². The van der Waals surface area contributed by atoms with E-state index in [2.05, 4.69) is 171 Å². The summed E-state index contributed by atoms with van der Waals surface area (Å²) in [6, 6.07) is 96.9. The summed E-state index contributed by atoms with van der Waals surface area (Å²) in [4.78, 5) is 62.0. The molecule has 8 aliphatic carbocycles. The Morgan fingerprint density at radius 2 is 0.621 bits per heavy atom. The van der Waals surface area contributed by atoms with Gasteiger partial charge in [0, 0.05) is 17.3 Å². The molecule has 544 valence electrons. The summed E-state index contributed by atoms with van der Waals surface area (Å²) in [6.07, 6.45) is 3.40. The zero-order valence-corrected chi connectivity index (χ0v) is 61.9. The van der Waals surface area contributed by atoms with Crippen LogP contribution in [0.4, 0.5) is 0 Å². The van der Waals surface area contributed by atoms with Crippen molar-refractivity contribution >= 4 is 111 Å². The third kappa shape index (κ3) is 7.17. The molecule has 0 radical (unpaired) electrons. The molecular weight excluding hydrogens is 1430 g/mol. The maximum atomic E-state index is 12.5. The predicted octanol–water partition coefficient (Wildman–Crippen LogP) is 23.7. The van der Waals surface area contributed by atoms with E-state index >= 15 is 0 Å². The lowest BCUT2D eigenvalue weighted by Crippen LogP contribution is -2.54. The van der Waals surface area contributed by atoms with E-state index in [-0.39, 0.29) is 45.6 Å². The minimum atomic E-state index is -1.02. The average Bonchev–Trinajstić information content (AvgIpc) is 1.43. The third-order valence-electron chi connectivity index (χ3n) is 29.3. The molecule has 6 unspecified atom stereocenters. The molecule has 0 amide bonds. The Balaban J connectivity index is 0.861. The zero-order chi connectivity index (χ0) is 77.5. The van der Waals surface area contributed by atoms with E-state index in [4.69, 9.17) is 0 Å². The van der Waals surface area contributed by atoms with E-state index in [1.807, 2.05) is 60.7 Å². The van der Waals surface area contributed by atoms with Crippen LogP contribution in [0.5, 0.6) is 0 Å². The smallest absolute Gasteiger partial charge is 0.335 e. The molecule has 0 heterocycles. The molecule has 26 rings (SSSR count). The second-order valence-electron chi connectivity index (χ2n) is 33.6. The number of carboxylic acids is 5. The highest BCUT2D eigenvalue weighted by molar-refractivity contribution is 6.55. The van der Waals surface area contributed by atoms with Gasteiger partial charge >= 0.3 is 29.8 Å². The van der Waals surface area contributed by atoms with Crippen molar-refractivity contribution in [3.63, 3.8) is 0 Å². The molecule has 0 aliphatic heterocycles. The molecule has 0 spiro atoms. The minimum Gasteiger partial charge on any atom is -0.478 e. The first-order chi connectivity index (χ1) is 56.5. The van der Waals surface area contributed by atoms with Crippen LogP contribution in [0.3, 0.4) is 0 Å². The van der Waals surface area contributed by atoms with Crippen molar-refractivity contribution in [1.82, 2.24) is 0 Å². The standard InChI is InChI=1S/C106H60O10/c1-103-77(61-18-4-51(5-19-61)53-8-22-63(23-9-53)99(109)110)49-79-75-47-45-73-71-43-42-70-72-44-46-74-78-48-76(60-16-2-50(3-17-60)52-6-20-62(21-7-52)98(107)108)90(103)95-96-97(103)105(79,68-38-32-58(33-39-68)55-12-26-65(27-13-55)101(113)114)92-85(75)83(73)87-81(71)80(70)86-82(72)84(74)91(104(78,95)67-36-30-57(31-37-67)54-10-24-64(25-11-54)100(111)112)93-88(86)89(87)94(92)106(93,96)69-40-34-59(35-41-69)56-14-28-66(29-15-56)102(115)116/h2-48,76-77,79H,49H2,1H3,(H,107,108)(H,109,110)(H,111,112)(H,113,114)(H,115,116)/t76?,77?,79?,103?,104?,105?,106-/m1/s1. The van der Waals surface area contributed by atoms with Crippen molar-refractivity contribution in [2.45, 2.75) is 47.3 Å². The summed E-state index contributed by atoms with van der Waals surface area (Å²) >= 11 is 0. The molecule has 5 N–H and O–H groups in total. The number of rotatable bonds is 15. The summed E-state index contributed by atoms with van der Waals surface area (Å²) in [7, 11) is 0. The zero-order valence-electron chi connectivity index (χ0n) is 61.9. The average molecular weight is 1490 g/mol. The molecule has 1 saturated carbocycles. The lowest BCUT2D eigenvalue weighted by molar-refractivity contribution is 0.0686. The molecule has 1 fully saturated rings. The van der Waals surface area contributed by atoms with Gasteiger partial charge in [0.05, 0.1) is 44.1 Å². The van der Waals surface area contributed by atoms with Gasteiger partial charge in [0.2, 0.25) is 0 Å². The molecule has 7 atom stereocenters. The predicted molar refractivity (Wildman–Crippen MR) is 452 cm³/mol. The minimum absolute atomic E-state index is 0.165. The van der Waals surface area contributed by atoms with Gasteiger partial charge in [-0.2, -0.15) is 0 Å². The van der Waals surface area contributed by atoms with Gasteiger partial charge < -0.3 is 25.5 Å². The lowest BCUT2D eigenvalue weighted by atomic mass is 9.41. The van der Waals surface area contributed by atoms with Crippen LogP contribution in [0.25, 0.3) is 137 Å². The number of allylic oxidation sites excluding steroid dienone is 6. The fraction of sp³-hybridized carbons (Fsp3) is 0.0849. The first kappa shape index (κ1) is 64.0. The topological polar surface area (TPSA) is 186 Å². The largest absolute Gasteiger partial charge is 0.478 e. The second-order valence-corrected chi connectivity index (χ2v) is 33.6. The number of hydrogen-bond donors (Lipinski definition) is 5. The first-order valence-electron chi connectivity index (χ1n) is 39.5. The Kier molecular flexibility index (Phi) is 11.7. The van der Waals surface area contributed by atoms with Crippen molar-refractivity contribution in [2.24, 2.45) is 5.41 Å². The van der Waals surface area contributed by atoms with E-state index in [0.29, 0.717) is 0 Å². The molecule has 18 aromatic carbocycles. The van der Waals surface area contributed by atoms with Crippen molar-refractivity contribution in [1.29, 1.82) is 0 Å². The molecule has 116 heavy (non-hydrogen) atoms. The van der Waals surface area contributed by atoms with E-state index in [0.717, 1.165) is 78.7 Å². The van der Waals surface area contributed by atoms with Crippen molar-refractivity contribution < 1.29 is 49.5 Å². The van der Waals surface area contributed by atoms with Crippen LogP contribution in [0.2, 0.25) is 0 Å². The van der Waals surface area contributed by atoms with Gasteiger partial charge in [-0.1, -0.05) is 231 Å². The summed E-state index contributed by atoms with van der Waals surface area (Å²) in [6.45, 7) is 2.63. The summed E-state index contributed by atoms with van der Waals surface area (Å²) in [5, 5.41) is 68.9. The Morgan fingerprint density at radius 3 is 1.03 bits per heavy atom. The highest BCUT2D eigenvalue weighted by Gasteiger charge is 2.78. The van der Waals surface area contributed by atoms with E-state index in [1.165, 1.54) is 148 Å². The molecule has 8 aliphatic rings.